The Labute approximate surface area is 85.1 Å². The Morgan fingerprint density at radius 2 is 2.31 bits per heavy atom. The quantitative estimate of drug-likeness (QED) is 0.641. The number of hydrogen-bond donors (Lipinski definition) is 2. The second kappa shape index (κ2) is 5.50. The maximum atomic E-state index is 11.4. The maximum Gasteiger partial charge on any atom is 0.232 e. The molecule has 1 saturated heterocycles. The number of rotatable bonds is 2. The molecule has 1 amide bonds. The van der Waals surface area contributed by atoms with Gasteiger partial charge in [0.2, 0.25) is 5.91 Å². The maximum absolute atomic E-state index is 11.4. The van der Waals surface area contributed by atoms with Crippen LogP contribution in [0.2, 0.25) is 0 Å². The summed E-state index contributed by atoms with van der Waals surface area (Å²) in [6.45, 7) is 2.40. The summed E-state index contributed by atoms with van der Waals surface area (Å²) < 4.78 is 0. The summed E-state index contributed by atoms with van der Waals surface area (Å²) in [4.78, 5) is 13.3. The first kappa shape index (κ1) is 10.9. The van der Waals surface area contributed by atoms with Crippen LogP contribution in [0.3, 0.4) is 0 Å². The Morgan fingerprint density at radius 3 is 2.92 bits per heavy atom. The molecule has 0 spiro atoms. The normalized spacial score (nSPS) is 24.2. The highest BCUT2D eigenvalue weighted by Crippen LogP contribution is 2.15. The van der Waals surface area contributed by atoms with Gasteiger partial charge >= 0.3 is 0 Å². The Balaban J connectivity index is 2.48. The molecule has 0 aromatic rings. The van der Waals surface area contributed by atoms with Crippen molar-refractivity contribution >= 4 is 18.5 Å². The molecule has 0 aromatic heterocycles. The van der Waals surface area contributed by atoms with Gasteiger partial charge in [-0.1, -0.05) is 6.42 Å². The molecule has 1 rings (SSSR count). The molecule has 1 atom stereocenters. The topological polar surface area (TPSA) is 46.3 Å². The summed E-state index contributed by atoms with van der Waals surface area (Å²) >= 11 is 4.00. The number of carbonyl (C=O) groups is 1. The molecule has 13 heavy (non-hydrogen) atoms. The van der Waals surface area contributed by atoms with Crippen molar-refractivity contribution in [2.45, 2.75) is 19.3 Å². The Hall–Kier alpha value is -0.220. The van der Waals surface area contributed by atoms with Crippen molar-refractivity contribution in [3.05, 3.63) is 0 Å². The van der Waals surface area contributed by atoms with Crippen molar-refractivity contribution in [1.82, 2.24) is 4.90 Å². The van der Waals surface area contributed by atoms with Crippen LogP contribution in [0, 0.1) is 5.92 Å². The fourth-order valence-electron chi connectivity index (χ4n) is 1.75. The highest BCUT2D eigenvalue weighted by Gasteiger charge is 2.19. The van der Waals surface area contributed by atoms with E-state index in [1.807, 2.05) is 4.90 Å². The third-order valence-corrected chi connectivity index (χ3v) is 2.86. The fourth-order valence-corrected chi connectivity index (χ4v) is 1.95. The second-order valence-electron chi connectivity index (χ2n) is 3.60. The molecule has 4 heteroatoms. The zero-order valence-electron chi connectivity index (χ0n) is 7.91. The first-order valence-electron chi connectivity index (χ1n) is 4.86. The SMILES string of the molecule is NCC1CCCCN(C(=O)CS)C1. The number of nitrogens with two attached hydrogens (primary N) is 1. The molecule has 1 heterocycles. The monoisotopic (exact) mass is 202 g/mol. The number of likely N-dealkylation sites (tertiary alicyclic amines) is 1. The first-order valence-corrected chi connectivity index (χ1v) is 5.50. The van der Waals surface area contributed by atoms with Gasteiger partial charge in [0.05, 0.1) is 5.75 Å². The number of nitrogens with zero attached hydrogens (tertiary/aromatic N) is 1. The molecule has 0 saturated carbocycles. The molecule has 1 fully saturated rings. The molecule has 3 nitrogen and oxygen atoms in total. The number of thiol groups is 1. The Kier molecular flexibility index (Phi) is 4.59. The van der Waals surface area contributed by atoms with E-state index in [9.17, 15) is 4.79 Å². The van der Waals surface area contributed by atoms with E-state index in [4.69, 9.17) is 5.73 Å². The van der Waals surface area contributed by atoms with Crippen molar-refractivity contribution in [2.24, 2.45) is 11.7 Å². The molecule has 0 bridgehead atoms. The minimum Gasteiger partial charge on any atom is -0.342 e. The lowest BCUT2D eigenvalue weighted by atomic mass is 10.0. The second-order valence-corrected chi connectivity index (χ2v) is 3.91. The van der Waals surface area contributed by atoms with Crippen LogP contribution in [0.5, 0.6) is 0 Å². The highest BCUT2D eigenvalue weighted by atomic mass is 32.1. The zero-order valence-corrected chi connectivity index (χ0v) is 8.80. The van der Waals surface area contributed by atoms with E-state index in [-0.39, 0.29) is 5.91 Å². The average molecular weight is 202 g/mol. The van der Waals surface area contributed by atoms with Crippen molar-refractivity contribution in [2.75, 3.05) is 25.4 Å². The molecule has 76 valence electrons. The highest BCUT2D eigenvalue weighted by molar-refractivity contribution is 7.81. The minimum absolute atomic E-state index is 0.142. The van der Waals surface area contributed by atoms with E-state index in [2.05, 4.69) is 12.6 Å². The molecule has 1 unspecified atom stereocenters. The molecule has 2 N–H and O–H groups in total. The predicted octanol–water partition coefficient (Wildman–Crippen LogP) is 0.504. The molecule has 0 radical (unpaired) electrons. The van der Waals surface area contributed by atoms with Crippen molar-refractivity contribution in [3.63, 3.8) is 0 Å². The van der Waals surface area contributed by atoms with Crippen LogP contribution in [-0.2, 0) is 4.79 Å². The van der Waals surface area contributed by atoms with Crippen LogP contribution >= 0.6 is 12.6 Å². The van der Waals surface area contributed by atoms with E-state index in [0.29, 0.717) is 18.2 Å². The van der Waals surface area contributed by atoms with Gasteiger partial charge in [0.25, 0.3) is 0 Å². The van der Waals surface area contributed by atoms with Gasteiger partial charge in [-0.3, -0.25) is 4.79 Å². The summed E-state index contributed by atoms with van der Waals surface area (Å²) in [5.74, 6) is 0.951. The van der Waals surface area contributed by atoms with E-state index < -0.39 is 0 Å². The molecule has 1 aliphatic heterocycles. The van der Waals surface area contributed by atoms with Crippen molar-refractivity contribution in [1.29, 1.82) is 0 Å². The van der Waals surface area contributed by atoms with Crippen LogP contribution in [0.1, 0.15) is 19.3 Å². The molecule has 0 aliphatic carbocycles. The van der Waals surface area contributed by atoms with Crippen molar-refractivity contribution in [3.8, 4) is 0 Å². The Morgan fingerprint density at radius 1 is 1.54 bits per heavy atom. The van der Waals surface area contributed by atoms with Gasteiger partial charge < -0.3 is 10.6 Å². The first-order chi connectivity index (χ1) is 6.27. The minimum atomic E-state index is 0.142. The fraction of sp³-hybridized carbons (Fsp3) is 0.889. The van der Waals surface area contributed by atoms with E-state index in [1.54, 1.807) is 0 Å². The largest absolute Gasteiger partial charge is 0.342 e. The molecular formula is C9H18N2OS. The van der Waals surface area contributed by atoms with Gasteiger partial charge in [0.15, 0.2) is 0 Å². The van der Waals surface area contributed by atoms with Crippen LogP contribution in [0.15, 0.2) is 0 Å². The lowest BCUT2D eigenvalue weighted by Gasteiger charge is -2.22. The number of amides is 1. The van der Waals surface area contributed by atoms with E-state index >= 15 is 0 Å². The van der Waals surface area contributed by atoms with E-state index in [0.717, 1.165) is 25.9 Å². The van der Waals surface area contributed by atoms with Gasteiger partial charge in [-0.15, -0.1) is 0 Å². The predicted molar refractivity (Wildman–Crippen MR) is 56.8 cm³/mol. The number of carbonyl (C=O) groups excluding carboxylic acids is 1. The smallest absolute Gasteiger partial charge is 0.232 e. The average Bonchev–Trinajstić information content (AvgIpc) is 2.41. The van der Waals surface area contributed by atoms with Gasteiger partial charge in [0.1, 0.15) is 0 Å². The zero-order chi connectivity index (χ0) is 9.68. The van der Waals surface area contributed by atoms with Gasteiger partial charge in [-0.2, -0.15) is 12.6 Å². The summed E-state index contributed by atoms with van der Waals surface area (Å²) in [5, 5.41) is 0. The summed E-state index contributed by atoms with van der Waals surface area (Å²) in [5.41, 5.74) is 5.62. The van der Waals surface area contributed by atoms with Gasteiger partial charge in [-0.25, -0.2) is 0 Å². The van der Waals surface area contributed by atoms with Crippen LogP contribution in [-0.4, -0.2) is 36.2 Å². The van der Waals surface area contributed by atoms with E-state index in [1.165, 1.54) is 6.42 Å². The van der Waals surface area contributed by atoms with Crippen molar-refractivity contribution < 1.29 is 4.79 Å². The Bertz CT molecular complexity index is 175. The summed E-state index contributed by atoms with van der Waals surface area (Å²) in [7, 11) is 0. The summed E-state index contributed by atoms with van der Waals surface area (Å²) in [6, 6.07) is 0. The third-order valence-electron chi connectivity index (χ3n) is 2.59. The van der Waals surface area contributed by atoms with Crippen LogP contribution in [0.25, 0.3) is 0 Å². The number of hydrogen-bond acceptors (Lipinski definition) is 3. The molecule has 0 aromatic carbocycles. The lowest BCUT2D eigenvalue weighted by Crippen LogP contribution is -2.37. The summed E-state index contributed by atoms with van der Waals surface area (Å²) in [6.07, 6.45) is 3.46. The standard InChI is InChI=1S/C9H18N2OS/c10-5-8-3-1-2-4-11(6-8)9(12)7-13/h8,13H,1-7,10H2. The third kappa shape index (κ3) is 3.19. The molecule has 1 aliphatic rings. The molecular weight excluding hydrogens is 184 g/mol. The van der Waals surface area contributed by atoms with Gasteiger partial charge in [-0.05, 0) is 25.3 Å². The van der Waals surface area contributed by atoms with Crippen LogP contribution < -0.4 is 5.73 Å². The van der Waals surface area contributed by atoms with Gasteiger partial charge in [0, 0.05) is 13.1 Å². The lowest BCUT2D eigenvalue weighted by molar-refractivity contribution is -0.128. The van der Waals surface area contributed by atoms with Crippen LogP contribution in [0.4, 0.5) is 0 Å².